The van der Waals surface area contributed by atoms with Gasteiger partial charge in [0.2, 0.25) is 5.91 Å². The Morgan fingerprint density at radius 3 is 2.72 bits per heavy atom. The highest BCUT2D eigenvalue weighted by molar-refractivity contribution is 9.10. The molecule has 0 saturated carbocycles. The number of hydrogen-bond acceptors (Lipinski definition) is 4. The lowest BCUT2D eigenvalue weighted by molar-refractivity contribution is -0.116. The van der Waals surface area contributed by atoms with Gasteiger partial charge in [-0.3, -0.25) is 9.59 Å². The van der Waals surface area contributed by atoms with Gasteiger partial charge in [-0.05, 0) is 42.8 Å². The second kappa shape index (κ2) is 12.0. The van der Waals surface area contributed by atoms with Gasteiger partial charge >= 0.3 is 0 Å². The molecular formula is C22H26BrN3O3. The lowest BCUT2D eigenvalue weighted by atomic mass is 10.1. The summed E-state index contributed by atoms with van der Waals surface area (Å²) in [5.74, 6) is 0.238. The summed E-state index contributed by atoms with van der Waals surface area (Å²) >= 11 is 3.39. The molecule has 0 aliphatic heterocycles. The highest BCUT2D eigenvalue weighted by atomic mass is 79.9. The van der Waals surface area contributed by atoms with E-state index in [0.717, 1.165) is 35.7 Å². The molecule has 0 fully saturated rings. The molecule has 6 nitrogen and oxygen atoms in total. The molecule has 0 aliphatic carbocycles. The molecule has 0 aliphatic rings. The molecule has 2 amide bonds. The molecule has 0 heterocycles. The van der Waals surface area contributed by atoms with E-state index < -0.39 is 0 Å². The van der Waals surface area contributed by atoms with E-state index in [9.17, 15) is 9.59 Å². The van der Waals surface area contributed by atoms with Crippen molar-refractivity contribution in [1.82, 2.24) is 5.43 Å². The fourth-order valence-corrected chi connectivity index (χ4v) is 3.08. The Morgan fingerprint density at radius 2 is 1.97 bits per heavy atom. The Kier molecular flexibility index (Phi) is 9.37. The fraction of sp³-hybridized carbons (Fsp3) is 0.318. The van der Waals surface area contributed by atoms with Gasteiger partial charge in [0.25, 0.3) is 5.91 Å². The molecule has 0 radical (unpaired) electrons. The second-order valence-corrected chi connectivity index (χ2v) is 7.44. The molecule has 154 valence electrons. The number of carbonyl (C=O) groups is 2. The number of amides is 2. The first-order valence-corrected chi connectivity index (χ1v) is 10.4. The number of hydrogen-bond donors (Lipinski definition) is 2. The molecule has 2 rings (SSSR count). The van der Waals surface area contributed by atoms with E-state index in [1.165, 1.54) is 6.21 Å². The number of rotatable bonds is 10. The number of methoxy groups -OCH3 is 1. The largest absolute Gasteiger partial charge is 0.496 e. The van der Waals surface area contributed by atoms with Crippen LogP contribution in [0.4, 0.5) is 5.69 Å². The highest BCUT2D eigenvalue weighted by Gasteiger charge is 2.08. The normalized spacial score (nSPS) is 10.7. The van der Waals surface area contributed by atoms with Crippen LogP contribution in [-0.2, 0) is 4.79 Å². The van der Waals surface area contributed by atoms with E-state index in [4.69, 9.17) is 4.74 Å². The number of halogens is 1. The van der Waals surface area contributed by atoms with Gasteiger partial charge in [0.15, 0.2) is 0 Å². The molecule has 2 N–H and O–H groups in total. The van der Waals surface area contributed by atoms with Crippen LogP contribution in [0, 0.1) is 0 Å². The summed E-state index contributed by atoms with van der Waals surface area (Å²) < 4.78 is 6.15. The predicted molar refractivity (Wildman–Crippen MR) is 120 cm³/mol. The van der Waals surface area contributed by atoms with Gasteiger partial charge in [-0.2, -0.15) is 5.10 Å². The van der Waals surface area contributed by atoms with Gasteiger partial charge in [-0.25, -0.2) is 5.43 Å². The lowest BCUT2D eigenvalue weighted by Gasteiger charge is -2.07. The quantitative estimate of drug-likeness (QED) is 0.293. The average Bonchev–Trinajstić information content (AvgIpc) is 2.71. The number of benzene rings is 2. The molecule has 2 aromatic rings. The number of anilines is 1. The Bertz CT molecular complexity index is 868. The topological polar surface area (TPSA) is 79.8 Å². The third-order valence-electron chi connectivity index (χ3n) is 4.23. The van der Waals surface area contributed by atoms with Crippen molar-refractivity contribution >= 4 is 39.6 Å². The van der Waals surface area contributed by atoms with Crippen LogP contribution in [0.25, 0.3) is 0 Å². The van der Waals surface area contributed by atoms with Crippen LogP contribution in [0.1, 0.15) is 54.9 Å². The van der Waals surface area contributed by atoms with Crippen LogP contribution in [0.3, 0.4) is 0 Å². The molecule has 0 atom stereocenters. The summed E-state index contributed by atoms with van der Waals surface area (Å²) in [6, 6.07) is 12.3. The Balaban J connectivity index is 1.94. The first-order chi connectivity index (χ1) is 14.0. The van der Waals surface area contributed by atoms with Gasteiger partial charge < -0.3 is 10.1 Å². The van der Waals surface area contributed by atoms with Crippen LogP contribution in [0.15, 0.2) is 52.0 Å². The SMILES string of the molecule is CCCCCCC(=O)Nc1cccc(C(=O)N/N=C/c2cc(Br)ccc2OC)c1. The van der Waals surface area contributed by atoms with E-state index >= 15 is 0 Å². The molecule has 2 aromatic carbocycles. The minimum atomic E-state index is -0.366. The third kappa shape index (κ3) is 7.69. The van der Waals surface area contributed by atoms with Gasteiger partial charge in [-0.15, -0.1) is 0 Å². The second-order valence-electron chi connectivity index (χ2n) is 6.53. The summed E-state index contributed by atoms with van der Waals surface area (Å²) in [4.78, 5) is 24.4. The van der Waals surface area contributed by atoms with Crippen LogP contribution in [0.5, 0.6) is 5.75 Å². The number of nitrogens with one attached hydrogen (secondary N) is 2. The predicted octanol–water partition coefficient (Wildman–Crippen LogP) is 5.13. The Hall–Kier alpha value is -2.67. The minimum absolute atomic E-state index is 0.0431. The maximum Gasteiger partial charge on any atom is 0.271 e. The monoisotopic (exact) mass is 459 g/mol. The van der Waals surface area contributed by atoms with Crippen molar-refractivity contribution in [3.05, 3.63) is 58.1 Å². The molecule has 0 spiro atoms. The smallest absolute Gasteiger partial charge is 0.271 e. The summed E-state index contributed by atoms with van der Waals surface area (Å²) in [7, 11) is 1.57. The van der Waals surface area contributed by atoms with E-state index in [1.54, 1.807) is 31.4 Å². The maximum absolute atomic E-state index is 12.4. The number of ether oxygens (including phenoxy) is 1. The van der Waals surface area contributed by atoms with Crippen molar-refractivity contribution in [2.45, 2.75) is 39.0 Å². The van der Waals surface area contributed by atoms with Gasteiger partial charge in [0.05, 0.1) is 13.3 Å². The molecule has 0 unspecified atom stereocenters. The summed E-state index contributed by atoms with van der Waals surface area (Å²) in [6.07, 6.45) is 6.18. The maximum atomic E-state index is 12.4. The number of hydrazone groups is 1. The van der Waals surface area contributed by atoms with E-state index in [2.05, 4.69) is 38.7 Å². The van der Waals surface area contributed by atoms with Crippen LogP contribution >= 0.6 is 15.9 Å². The fourth-order valence-electron chi connectivity index (χ4n) is 2.71. The Morgan fingerprint density at radius 1 is 1.14 bits per heavy atom. The molecular weight excluding hydrogens is 434 g/mol. The molecule has 29 heavy (non-hydrogen) atoms. The van der Waals surface area contributed by atoms with Gasteiger partial charge in [0, 0.05) is 27.7 Å². The zero-order valence-corrected chi connectivity index (χ0v) is 18.3. The van der Waals surface area contributed by atoms with Crippen molar-refractivity contribution in [3.8, 4) is 5.75 Å². The average molecular weight is 460 g/mol. The first-order valence-electron chi connectivity index (χ1n) is 9.60. The standard InChI is InChI=1S/C22H26BrN3O3/c1-3-4-5-6-10-21(27)25-19-9-7-8-16(14-19)22(28)26-24-15-17-13-18(23)11-12-20(17)29-2/h7-9,11-15H,3-6,10H2,1-2H3,(H,25,27)(H,26,28)/b24-15+. The third-order valence-corrected chi connectivity index (χ3v) is 4.72. The number of carbonyl (C=O) groups excluding carboxylic acids is 2. The van der Waals surface area contributed by atoms with E-state index in [0.29, 0.717) is 23.4 Å². The van der Waals surface area contributed by atoms with Crippen LogP contribution in [-0.4, -0.2) is 25.1 Å². The Labute approximate surface area is 179 Å². The zero-order chi connectivity index (χ0) is 21.1. The summed E-state index contributed by atoms with van der Waals surface area (Å²) in [6.45, 7) is 2.13. The van der Waals surface area contributed by atoms with Crippen molar-refractivity contribution in [1.29, 1.82) is 0 Å². The van der Waals surface area contributed by atoms with Crippen molar-refractivity contribution in [2.24, 2.45) is 5.10 Å². The minimum Gasteiger partial charge on any atom is -0.496 e. The lowest BCUT2D eigenvalue weighted by Crippen LogP contribution is -2.18. The molecule has 0 aromatic heterocycles. The molecule has 7 heteroatoms. The van der Waals surface area contributed by atoms with Crippen molar-refractivity contribution < 1.29 is 14.3 Å². The zero-order valence-electron chi connectivity index (χ0n) is 16.7. The number of nitrogens with zero attached hydrogens (tertiary/aromatic N) is 1. The van der Waals surface area contributed by atoms with E-state index in [-0.39, 0.29) is 11.8 Å². The molecule has 0 saturated heterocycles. The van der Waals surface area contributed by atoms with Gasteiger partial charge in [-0.1, -0.05) is 48.2 Å². The van der Waals surface area contributed by atoms with Crippen LogP contribution < -0.4 is 15.5 Å². The first kappa shape index (κ1) is 22.6. The highest BCUT2D eigenvalue weighted by Crippen LogP contribution is 2.21. The van der Waals surface area contributed by atoms with Crippen LogP contribution in [0.2, 0.25) is 0 Å². The van der Waals surface area contributed by atoms with Gasteiger partial charge in [0.1, 0.15) is 5.75 Å². The number of unbranched alkanes of at least 4 members (excludes halogenated alkanes) is 3. The summed E-state index contributed by atoms with van der Waals surface area (Å²) in [5, 5.41) is 6.84. The van der Waals surface area contributed by atoms with Crippen molar-refractivity contribution in [2.75, 3.05) is 12.4 Å². The summed E-state index contributed by atoms with van der Waals surface area (Å²) in [5.41, 5.74) is 4.22. The van der Waals surface area contributed by atoms with E-state index in [1.807, 2.05) is 18.2 Å². The molecule has 0 bridgehead atoms. The van der Waals surface area contributed by atoms with Crippen molar-refractivity contribution in [3.63, 3.8) is 0 Å².